The summed E-state index contributed by atoms with van der Waals surface area (Å²) in [6, 6.07) is 17.4. The predicted molar refractivity (Wildman–Crippen MR) is 158 cm³/mol. The van der Waals surface area contributed by atoms with Crippen molar-refractivity contribution in [1.82, 2.24) is 25.3 Å². The van der Waals surface area contributed by atoms with Crippen LogP contribution >= 0.6 is 0 Å². The number of benzene rings is 3. The number of methoxy groups -OCH3 is 1. The number of H-pyrrole nitrogens is 1. The summed E-state index contributed by atoms with van der Waals surface area (Å²) in [5, 5.41) is 4.47. The van der Waals surface area contributed by atoms with E-state index in [-0.39, 0.29) is 6.04 Å². The van der Waals surface area contributed by atoms with Gasteiger partial charge in [0.05, 0.1) is 37.4 Å². The Kier molecular flexibility index (Phi) is 6.19. The number of hydrogen-bond donors (Lipinski definition) is 2. The molecule has 4 heterocycles. The second-order valence-electron chi connectivity index (χ2n) is 10.7. The second-order valence-corrected chi connectivity index (χ2v) is 10.7. The molecule has 0 amide bonds. The Labute approximate surface area is 232 Å². The van der Waals surface area contributed by atoms with E-state index in [9.17, 15) is 0 Å². The van der Waals surface area contributed by atoms with Gasteiger partial charge in [-0.3, -0.25) is 4.90 Å². The standard InChI is InChI=1S/C32H33N5O3/c1-18-29(19(2)40-36-18)26-15-27-25(16-28(26)38-4)30-31(33-20(3)34-32(30)35-27)24-10-9-21(17-37-11-13-39-14-12-37)22-7-5-6-8-23(22)24/h5-10,15-16,18,36H,11-14,17H2,1-4H3,(H,33,34,35). The first-order valence-corrected chi connectivity index (χ1v) is 13.8. The van der Waals surface area contributed by atoms with Crippen LogP contribution in [0.4, 0.5) is 0 Å². The maximum atomic E-state index is 5.92. The number of hydroxylamine groups is 1. The lowest BCUT2D eigenvalue weighted by Crippen LogP contribution is -2.35. The van der Waals surface area contributed by atoms with Gasteiger partial charge in [0.25, 0.3) is 0 Å². The summed E-state index contributed by atoms with van der Waals surface area (Å²) >= 11 is 0. The summed E-state index contributed by atoms with van der Waals surface area (Å²) in [7, 11) is 1.71. The van der Waals surface area contributed by atoms with Gasteiger partial charge >= 0.3 is 0 Å². The van der Waals surface area contributed by atoms with E-state index in [1.54, 1.807) is 7.11 Å². The highest BCUT2D eigenvalue weighted by atomic mass is 16.7. The van der Waals surface area contributed by atoms with Crippen LogP contribution in [0.2, 0.25) is 0 Å². The van der Waals surface area contributed by atoms with E-state index in [0.717, 1.165) is 94.5 Å². The van der Waals surface area contributed by atoms with E-state index in [1.165, 1.54) is 16.3 Å². The van der Waals surface area contributed by atoms with Gasteiger partial charge in [-0.1, -0.05) is 36.4 Å². The quantitative estimate of drug-likeness (QED) is 0.297. The third-order valence-corrected chi connectivity index (χ3v) is 8.14. The summed E-state index contributed by atoms with van der Waals surface area (Å²) in [4.78, 5) is 21.5. The summed E-state index contributed by atoms with van der Waals surface area (Å²) in [5.74, 6) is 2.36. The van der Waals surface area contributed by atoms with Crippen LogP contribution in [0, 0.1) is 6.92 Å². The minimum atomic E-state index is 0.0515. The average Bonchev–Trinajstić information content (AvgIpc) is 3.50. The van der Waals surface area contributed by atoms with Crippen molar-refractivity contribution >= 4 is 38.3 Å². The Bertz CT molecular complexity index is 1800. The van der Waals surface area contributed by atoms with E-state index in [0.29, 0.717) is 0 Å². The van der Waals surface area contributed by atoms with Crippen LogP contribution < -0.4 is 10.2 Å². The molecule has 40 heavy (non-hydrogen) atoms. The number of allylic oxidation sites excluding steroid dienone is 1. The molecule has 7 rings (SSSR count). The number of aromatic nitrogens is 3. The molecule has 8 nitrogen and oxygen atoms in total. The van der Waals surface area contributed by atoms with Gasteiger partial charge < -0.3 is 19.3 Å². The summed E-state index contributed by atoms with van der Waals surface area (Å²) < 4.78 is 11.5. The number of nitrogens with zero attached hydrogens (tertiary/aromatic N) is 3. The maximum absolute atomic E-state index is 5.92. The molecule has 0 saturated carbocycles. The smallest absolute Gasteiger partial charge is 0.142 e. The van der Waals surface area contributed by atoms with Crippen molar-refractivity contribution in [2.75, 3.05) is 33.4 Å². The predicted octanol–water partition coefficient (Wildman–Crippen LogP) is 5.73. The van der Waals surface area contributed by atoms with Crippen molar-refractivity contribution in [2.45, 2.75) is 33.4 Å². The molecule has 1 atom stereocenters. The normalized spacial score (nSPS) is 18.2. The van der Waals surface area contributed by atoms with Crippen LogP contribution in [0.15, 0.2) is 54.3 Å². The zero-order chi connectivity index (χ0) is 27.4. The maximum Gasteiger partial charge on any atom is 0.142 e. The molecule has 0 spiro atoms. The number of aryl methyl sites for hydroxylation is 1. The van der Waals surface area contributed by atoms with Gasteiger partial charge in [-0.2, -0.15) is 0 Å². The zero-order valence-electron chi connectivity index (χ0n) is 23.3. The highest BCUT2D eigenvalue weighted by Gasteiger charge is 2.27. The van der Waals surface area contributed by atoms with Crippen molar-refractivity contribution in [2.24, 2.45) is 0 Å². The minimum Gasteiger partial charge on any atom is -0.496 e. The van der Waals surface area contributed by atoms with Crippen molar-refractivity contribution in [3.8, 4) is 17.0 Å². The topological polar surface area (TPSA) is 84.5 Å². The highest BCUT2D eigenvalue weighted by molar-refractivity contribution is 6.15. The number of fused-ring (bicyclic) bond motifs is 4. The zero-order valence-corrected chi connectivity index (χ0v) is 23.3. The van der Waals surface area contributed by atoms with Crippen LogP contribution in [0.25, 0.3) is 49.5 Å². The third-order valence-electron chi connectivity index (χ3n) is 8.14. The first-order chi connectivity index (χ1) is 19.5. The SMILES string of the molecule is COc1cc2c(cc1C1=C(C)ONC1C)[nH]c1nc(C)nc(-c3ccc(CN4CCOCC4)c4ccccc34)c12. The molecule has 0 aliphatic carbocycles. The van der Waals surface area contributed by atoms with Gasteiger partial charge in [0.1, 0.15) is 23.0 Å². The van der Waals surface area contributed by atoms with Gasteiger partial charge in [0.2, 0.25) is 0 Å². The lowest BCUT2D eigenvalue weighted by atomic mass is 9.94. The third kappa shape index (κ3) is 4.11. The molecule has 0 radical (unpaired) electrons. The molecule has 2 aliphatic rings. The summed E-state index contributed by atoms with van der Waals surface area (Å²) in [5.41, 5.74) is 10.3. The molecule has 0 bridgehead atoms. The number of ether oxygens (including phenoxy) is 2. The van der Waals surface area contributed by atoms with Crippen molar-refractivity contribution in [3.63, 3.8) is 0 Å². The van der Waals surface area contributed by atoms with E-state index < -0.39 is 0 Å². The molecule has 3 aromatic carbocycles. The molecule has 2 aromatic heterocycles. The van der Waals surface area contributed by atoms with Gasteiger partial charge in [-0.05, 0) is 49.2 Å². The molecular weight excluding hydrogens is 502 g/mol. The fourth-order valence-electron chi connectivity index (χ4n) is 6.23. The van der Waals surface area contributed by atoms with Gasteiger partial charge in [-0.25, -0.2) is 9.97 Å². The first kappa shape index (κ1) is 25.0. The van der Waals surface area contributed by atoms with Crippen molar-refractivity contribution in [3.05, 3.63) is 71.2 Å². The molecule has 2 N–H and O–H groups in total. The Hall–Kier alpha value is -3.98. The largest absolute Gasteiger partial charge is 0.496 e. The Morgan fingerprint density at radius 3 is 2.52 bits per heavy atom. The van der Waals surface area contributed by atoms with Crippen molar-refractivity contribution < 1.29 is 14.3 Å². The fourth-order valence-corrected chi connectivity index (χ4v) is 6.23. The monoisotopic (exact) mass is 535 g/mol. The number of rotatable bonds is 5. The average molecular weight is 536 g/mol. The Morgan fingerprint density at radius 2 is 1.77 bits per heavy atom. The number of morpholine rings is 1. The number of hydrogen-bond acceptors (Lipinski definition) is 7. The van der Waals surface area contributed by atoms with Crippen LogP contribution in [0.5, 0.6) is 5.75 Å². The molecule has 8 heteroatoms. The van der Waals surface area contributed by atoms with Crippen LogP contribution in [-0.2, 0) is 16.1 Å². The van der Waals surface area contributed by atoms with Crippen LogP contribution in [-0.4, -0.2) is 59.3 Å². The Balaban J connectivity index is 1.43. The molecule has 2 aliphatic heterocycles. The lowest BCUT2D eigenvalue weighted by Gasteiger charge is -2.27. The molecule has 1 unspecified atom stereocenters. The molecule has 5 aromatic rings. The second kappa shape index (κ2) is 9.89. The number of nitrogens with one attached hydrogen (secondary N) is 2. The van der Waals surface area contributed by atoms with Gasteiger partial charge in [0.15, 0.2) is 0 Å². The van der Waals surface area contributed by atoms with E-state index in [4.69, 9.17) is 24.3 Å². The fraction of sp³-hybridized carbons (Fsp3) is 0.312. The van der Waals surface area contributed by atoms with E-state index >= 15 is 0 Å². The summed E-state index contributed by atoms with van der Waals surface area (Å²) in [6.07, 6.45) is 0. The van der Waals surface area contributed by atoms with E-state index in [2.05, 4.69) is 70.8 Å². The number of aromatic amines is 1. The molecule has 1 saturated heterocycles. The van der Waals surface area contributed by atoms with E-state index in [1.807, 2.05) is 13.8 Å². The molecular formula is C32H33N5O3. The summed E-state index contributed by atoms with van der Waals surface area (Å²) in [6.45, 7) is 10.4. The Morgan fingerprint density at radius 1 is 0.975 bits per heavy atom. The first-order valence-electron chi connectivity index (χ1n) is 13.8. The minimum absolute atomic E-state index is 0.0515. The lowest BCUT2D eigenvalue weighted by molar-refractivity contribution is 0.0344. The van der Waals surface area contributed by atoms with Crippen LogP contribution in [0.3, 0.4) is 0 Å². The molecule has 1 fully saturated rings. The molecule has 204 valence electrons. The van der Waals surface area contributed by atoms with Crippen molar-refractivity contribution in [1.29, 1.82) is 0 Å². The van der Waals surface area contributed by atoms with Crippen LogP contribution in [0.1, 0.15) is 30.8 Å². The highest BCUT2D eigenvalue weighted by Crippen LogP contribution is 2.42. The van der Waals surface area contributed by atoms with Gasteiger partial charge in [-0.15, -0.1) is 5.48 Å². The van der Waals surface area contributed by atoms with Gasteiger partial charge in [0, 0.05) is 47.2 Å².